The van der Waals surface area contributed by atoms with Gasteiger partial charge in [0.25, 0.3) is 0 Å². The molecule has 0 saturated carbocycles. The molecule has 0 spiro atoms. The molecule has 0 bridgehead atoms. The van der Waals surface area contributed by atoms with Gasteiger partial charge < -0.3 is 5.73 Å². The van der Waals surface area contributed by atoms with E-state index in [1.807, 2.05) is 12.3 Å². The average Bonchev–Trinajstić information content (AvgIpc) is 2.38. The minimum Gasteiger partial charge on any atom is -0.398 e. The third-order valence-electron chi connectivity index (χ3n) is 3.62. The number of nitrogens with two attached hydrogens (primary N) is 1. The maximum Gasteiger partial charge on any atom is 0.125 e. The van der Waals surface area contributed by atoms with Crippen molar-refractivity contribution in [2.75, 3.05) is 5.73 Å². The lowest BCUT2D eigenvalue weighted by Crippen LogP contribution is -2.14. The van der Waals surface area contributed by atoms with E-state index in [1.54, 1.807) is 6.07 Å². The molecule has 1 heterocycles. The molecular formula is C15H15FN2. The Morgan fingerprint density at radius 3 is 3.00 bits per heavy atom. The molecule has 0 aliphatic heterocycles. The van der Waals surface area contributed by atoms with Crippen LogP contribution in [0, 0.1) is 5.82 Å². The van der Waals surface area contributed by atoms with Crippen molar-refractivity contribution in [2.45, 2.75) is 25.2 Å². The second-order valence-corrected chi connectivity index (χ2v) is 4.77. The number of hydrogen-bond donors (Lipinski definition) is 1. The van der Waals surface area contributed by atoms with Gasteiger partial charge in [0.1, 0.15) is 5.82 Å². The first-order valence-corrected chi connectivity index (χ1v) is 6.24. The van der Waals surface area contributed by atoms with Crippen LogP contribution in [0.15, 0.2) is 36.5 Å². The molecule has 18 heavy (non-hydrogen) atoms. The lowest BCUT2D eigenvalue weighted by atomic mass is 9.81. The molecule has 0 amide bonds. The summed E-state index contributed by atoms with van der Waals surface area (Å²) in [5, 5.41) is 0. The van der Waals surface area contributed by atoms with Crippen molar-refractivity contribution in [3.05, 3.63) is 59.2 Å². The van der Waals surface area contributed by atoms with Gasteiger partial charge in [-0.25, -0.2) is 4.39 Å². The van der Waals surface area contributed by atoms with Gasteiger partial charge in [-0.05, 0) is 48.6 Å². The highest BCUT2D eigenvalue weighted by Crippen LogP contribution is 2.37. The Balaban J connectivity index is 2.08. The molecule has 0 radical (unpaired) electrons. The van der Waals surface area contributed by atoms with Crippen LogP contribution >= 0.6 is 0 Å². The molecule has 0 fully saturated rings. The summed E-state index contributed by atoms with van der Waals surface area (Å²) in [6.45, 7) is 0. The first kappa shape index (κ1) is 11.2. The quantitative estimate of drug-likeness (QED) is 0.779. The molecule has 3 heteroatoms. The van der Waals surface area contributed by atoms with Crippen molar-refractivity contribution in [3.8, 4) is 0 Å². The topological polar surface area (TPSA) is 38.9 Å². The highest BCUT2D eigenvalue weighted by atomic mass is 19.1. The predicted octanol–water partition coefficient (Wildman–Crippen LogP) is 3.27. The van der Waals surface area contributed by atoms with Crippen LogP contribution in [0.1, 0.15) is 35.6 Å². The number of pyridine rings is 1. The molecule has 2 aromatic rings. The van der Waals surface area contributed by atoms with E-state index in [1.165, 1.54) is 17.7 Å². The number of rotatable bonds is 1. The summed E-state index contributed by atoms with van der Waals surface area (Å²) >= 11 is 0. The maximum absolute atomic E-state index is 13.1. The van der Waals surface area contributed by atoms with Crippen LogP contribution in [-0.2, 0) is 6.42 Å². The summed E-state index contributed by atoms with van der Waals surface area (Å²) in [6, 6.07) is 8.75. The fourth-order valence-corrected chi connectivity index (χ4v) is 2.78. The van der Waals surface area contributed by atoms with Crippen LogP contribution in [-0.4, -0.2) is 4.98 Å². The number of benzene rings is 1. The Morgan fingerprint density at radius 2 is 2.17 bits per heavy atom. The molecule has 1 atom stereocenters. The lowest BCUT2D eigenvalue weighted by molar-refractivity contribution is 0.595. The lowest BCUT2D eigenvalue weighted by Gasteiger charge is -2.25. The SMILES string of the molecule is Nc1cc(F)ccc1C1CCCc2cccnc21. The zero-order valence-electron chi connectivity index (χ0n) is 10.1. The Morgan fingerprint density at radius 1 is 1.28 bits per heavy atom. The van der Waals surface area contributed by atoms with Crippen molar-refractivity contribution >= 4 is 5.69 Å². The second-order valence-electron chi connectivity index (χ2n) is 4.77. The standard InChI is InChI=1S/C15H15FN2/c16-11-6-7-12(14(17)9-11)13-5-1-3-10-4-2-8-18-15(10)13/h2,4,6-9,13H,1,3,5,17H2. The van der Waals surface area contributed by atoms with E-state index in [0.29, 0.717) is 5.69 Å². The molecule has 1 aromatic heterocycles. The third-order valence-corrected chi connectivity index (χ3v) is 3.62. The number of aromatic nitrogens is 1. The van der Waals surface area contributed by atoms with Gasteiger partial charge in [0, 0.05) is 17.8 Å². The number of anilines is 1. The summed E-state index contributed by atoms with van der Waals surface area (Å²) in [6.07, 6.45) is 5.04. The van der Waals surface area contributed by atoms with Crippen LogP contribution in [0.4, 0.5) is 10.1 Å². The smallest absolute Gasteiger partial charge is 0.125 e. The van der Waals surface area contributed by atoms with Gasteiger partial charge >= 0.3 is 0 Å². The van der Waals surface area contributed by atoms with Crippen LogP contribution in [0.25, 0.3) is 0 Å². The summed E-state index contributed by atoms with van der Waals surface area (Å²) in [5.41, 5.74) is 9.85. The molecule has 2 N–H and O–H groups in total. The van der Waals surface area contributed by atoms with Gasteiger partial charge in [-0.2, -0.15) is 0 Å². The maximum atomic E-state index is 13.1. The van der Waals surface area contributed by atoms with Gasteiger partial charge in [-0.3, -0.25) is 4.98 Å². The van der Waals surface area contributed by atoms with Gasteiger partial charge in [-0.15, -0.1) is 0 Å². The van der Waals surface area contributed by atoms with Crippen LogP contribution in [0.5, 0.6) is 0 Å². The van der Waals surface area contributed by atoms with Crippen molar-refractivity contribution in [3.63, 3.8) is 0 Å². The Kier molecular flexibility index (Phi) is 2.74. The van der Waals surface area contributed by atoms with E-state index >= 15 is 0 Å². The molecule has 0 saturated heterocycles. The molecular weight excluding hydrogens is 227 g/mol. The number of nitrogen functional groups attached to an aromatic ring is 1. The number of aryl methyl sites for hydroxylation is 1. The van der Waals surface area contributed by atoms with Crippen LogP contribution in [0.2, 0.25) is 0 Å². The molecule has 1 unspecified atom stereocenters. The number of nitrogens with zero attached hydrogens (tertiary/aromatic N) is 1. The van der Waals surface area contributed by atoms with Crippen LogP contribution in [0.3, 0.4) is 0 Å². The molecule has 2 nitrogen and oxygen atoms in total. The second kappa shape index (κ2) is 4.41. The molecule has 1 aromatic carbocycles. The van der Waals surface area contributed by atoms with E-state index < -0.39 is 0 Å². The fourth-order valence-electron chi connectivity index (χ4n) is 2.78. The van der Waals surface area contributed by atoms with Gasteiger partial charge in [0.05, 0.1) is 5.69 Å². The van der Waals surface area contributed by atoms with E-state index in [0.717, 1.165) is 30.5 Å². The summed E-state index contributed by atoms with van der Waals surface area (Å²) in [7, 11) is 0. The Bertz CT molecular complexity index is 580. The van der Waals surface area contributed by atoms with Crippen LogP contribution < -0.4 is 5.73 Å². The van der Waals surface area contributed by atoms with Crippen molar-refractivity contribution in [2.24, 2.45) is 0 Å². The molecule has 1 aliphatic rings. The molecule has 1 aliphatic carbocycles. The first-order chi connectivity index (χ1) is 8.75. The molecule has 3 rings (SSSR count). The first-order valence-electron chi connectivity index (χ1n) is 6.24. The van der Waals surface area contributed by atoms with E-state index in [2.05, 4.69) is 11.1 Å². The zero-order chi connectivity index (χ0) is 12.5. The van der Waals surface area contributed by atoms with E-state index in [9.17, 15) is 4.39 Å². The predicted molar refractivity (Wildman–Crippen MR) is 69.8 cm³/mol. The fraction of sp³-hybridized carbons (Fsp3) is 0.267. The normalized spacial score (nSPS) is 18.4. The van der Waals surface area contributed by atoms with Gasteiger partial charge in [0.15, 0.2) is 0 Å². The van der Waals surface area contributed by atoms with E-state index in [-0.39, 0.29) is 11.7 Å². The Hall–Kier alpha value is -1.90. The van der Waals surface area contributed by atoms with Gasteiger partial charge in [-0.1, -0.05) is 12.1 Å². The highest BCUT2D eigenvalue weighted by molar-refractivity contribution is 5.52. The third kappa shape index (κ3) is 1.86. The minimum absolute atomic E-state index is 0.204. The monoisotopic (exact) mass is 242 g/mol. The largest absolute Gasteiger partial charge is 0.398 e. The zero-order valence-corrected chi connectivity index (χ0v) is 10.1. The van der Waals surface area contributed by atoms with Gasteiger partial charge in [0.2, 0.25) is 0 Å². The molecule has 92 valence electrons. The highest BCUT2D eigenvalue weighted by Gasteiger charge is 2.24. The number of hydrogen-bond acceptors (Lipinski definition) is 2. The minimum atomic E-state index is -0.284. The summed E-state index contributed by atoms with van der Waals surface area (Å²) in [4.78, 5) is 4.49. The Labute approximate surface area is 106 Å². The summed E-state index contributed by atoms with van der Waals surface area (Å²) in [5.74, 6) is -0.0798. The van der Waals surface area contributed by atoms with Crippen molar-refractivity contribution in [1.29, 1.82) is 0 Å². The van der Waals surface area contributed by atoms with E-state index in [4.69, 9.17) is 5.73 Å². The number of halogens is 1. The summed E-state index contributed by atoms with van der Waals surface area (Å²) < 4.78 is 13.1. The average molecular weight is 242 g/mol. The van der Waals surface area contributed by atoms with Crippen molar-refractivity contribution < 1.29 is 4.39 Å². The number of fused-ring (bicyclic) bond motifs is 1. The van der Waals surface area contributed by atoms with Crippen molar-refractivity contribution in [1.82, 2.24) is 4.98 Å².